The highest BCUT2D eigenvalue weighted by atomic mass is 127. The minimum absolute atomic E-state index is 0.265. The maximum absolute atomic E-state index is 12.8. The van der Waals surface area contributed by atoms with Crippen LogP contribution >= 0.6 is 46.0 Å². The normalized spacial score (nSPS) is 21.6. The highest BCUT2D eigenvalue weighted by Gasteiger charge is 2.47. The summed E-state index contributed by atoms with van der Waals surface area (Å²) in [5.41, 5.74) is 2.98. The largest absolute Gasteiger partial charge is 0.389 e. The van der Waals surface area contributed by atoms with Gasteiger partial charge >= 0.3 is 0 Å². The van der Waals surface area contributed by atoms with E-state index in [1.165, 1.54) is 18.1 Å². The van der Waals surface area contributed by atoms with Crippen molar-refractivity contribution in [1.82, 2.24) is 24.8 Å². The molecule has 186 valence electrons. The number of carbonyl (C=O) groups excluding carboxylic acids is 1. The predicted octanol–water partition coefficient (Wildman–Crippen LogP) is 3.35. The summed E-state index contributed by atoms with van der Waals surface area (Å²) in [4.78, 5) is 26.0. The van der Waals surface area contributed by atoms with Crippen molar-refractivity contribution in [3.8, 4) is 0 Å². The number of imidazole rings is 1. The molecule has 4 atom stereocenters. The molecule has 1 aliphatic heterocycles. The zero-order chi connectivity index (χ0) is 25.2. The van der Waals surface area contributed by atoms with Crippen LogP contribution in [0, 0.1) is 3.57 Å². The number of anilines is 1. The molecule has 0 radical (unpaired) electrons. The van der Waals surface area contributed by atoms with Crippen LogP contribution < -0.4 is 10.6 Å². The monoisotopic (exact) mass is 636 g/mol. The second-order valence-corrected chi connectivity index (χ2v) is 11.3. The summed E-state index contributed by atoms with van der Waals surface area (Å²) in [6.07, 6.45) is 0.536. The van der Waals surface area contributed by atoms with E-state index in [1.54, 1.807) is 29.1 Å². The standard InChI is InChI=1S/C24H22ClIN6O3S/c25-15-5-1-3-13(7-15)10-28-23(35)20-18(33)19(34)24(36-20)32-12-31-17-21(29-11-30-22(17)32)27-9-14-4-2-6-16(26)8-14/h1-8,11-12,18-20,24,33-34H,9-10H2,(H,28,35)(H,27,29,30)/t18-,19+,20-,24+/m0/s1. The van der Waals surface area contributed by atoms with Crippen molar-refractivity contribution in [2.24, 2.45) is 0 Å². The second kappa shape index (κ2) is 10.9. The first kappa shape index (κ1) is 25.2. The molecular weight excluding hydrogens is 615 g/mol. The zero-order valence-electron chi connectivity index (χ0n) is 18.8. The van der Waals surface area contributed by atoms with Crippen molar-refractivity contribution >= 4 is 68.8 Å². The fourth-order valence-electron chi connectivity index (χ4n) is 4.04. The van der Waals surface area contributed by atoms with Crippen molar-refractivity contribution in [2.75, 3.05) is 5.32 Å². The number of nitrogens with one attached hydrogen (secondary N) is 2. The van der Waals surface area contributed by atoms with Gasteiger partial charge in [-0.25, -0.2) is 15.0 Å². The molecule has 36 heavy (non-hydrogen) atoms. The smallest absolute Gasteiger partial charge is 0.236 e. The van der Waals surface area contributed by atoms with Crippen LogP contribution in [0.1, 0.15) is 16.5 Å². The molecule has 0 aliphatic carbocycles. The molecule has 0 bridgehead atoms. The van der Waals surface area contributed by atoms with E-state index < -0.39 is 22.8 Å². The highest BCUT2D eigenvalue weighted by Crippen LogP contribution is 2.43. The number of aromatic nitrogens is 4. The molecule has 0 spiro atoms. The summed E-state index contributed by atoms with van der Waals surface area (Å²) in [5.74, 6) is 0.194. The Morgan fingerprint density at radius 2 is 1.83 bits per heavy atom. The molecule has 1 aliphatic rings. The number of aliphatic hydroxyl groups excluding tert-OH is 2. The number of fused-ring (bicyclic) bond motifs is 1. The molecule has 5 rings (SSSR count). The van der Waals surface area contributed by atoms with Gasteiger partial charge in [0.2, 0.25) is 5.91 Å². The molecule has 1 saturated heterocycles. The Morgan fingerprint density at radius 3 is 2.61 bits per heavy atom. The van der Waals surface area contributed by atoms with Crippen molar-refractivity contribution in [3.05, 3.63) is 80.9 Å². The summed E-state index contributed by atoms with van der Waals surface area (Å²) < 4.78 is 2.82. The van der Waals surface area contributed by atoms with E-state index >= 15 is 0 Å². The van der Waals surface area contributed by atoms with Gasteiger partial charge in [0.25, 0.3) is 0 Å². The molecule has 4 aromatic rings. The molecule has 9 nitrogen and oxygen atoms in total. The number of carbonyl (C=O) groups is 1. The van der Waals surface area contributed by atoms with Crippen molar-refractivity contribution in [2.45, 2.75) is 35.9 Å². The number of hydrogen-bond acceptors (Lipinski definition) is 8. The van der Waals surface area contributed by atoms with Gasteiger partial charge in [0.15, 0.2) is 11.5 Å². The third-order valence-corrected chi connectivity index (χ3v) is 8.31. The minimum atomic E-state index is -1.25. The van der Waals surface area contributed by atoms with Gasteiger partial charge < -0.3 is 20.8 Å². The average molecular weight is 637 g/mol. The van der Waals surface area contributed by atoms with Gasteiger partial charge in [0.1, 0.15) is 34.7 Å². The summed E-state index contributed by atoms with van der Waals surface area (Å²) in [6, 6.07) is 15.3. The molecule has 1 fully saturated rings. The van der Waals surface area contributed by atoms with Gasteiger partial charge in [-0.1, -0.05) is 35.9 Å². The lowest BCUT2D eigenvalue weighted by Gasteiger charge is -2.17. The number of halogens is 2. The van der Waals surface area contributed by atoms with E-state index in [-0.39, 0.29) is 12.5 Å². The summed E-state index contributed by atoms with van der Waals surface area (Å²) in [6.45, 7) is 0.824. The Labute approximate surface area is 229 Å². The van der Waals surface area contributed by atoms with E-state index in [4.69, 9.17) is 11.6 Å². The van der Waals surface area contributed by atoms with Gasteiger partial charge in [0, 0.05) is 21.7 Å². The van der Waals surface area contributed by atoms with Crippen molar-refractivity contribution in [3.63, 3.8) is 0 Å². The predicted molar refractivity (Wildman–Crippen MR) is 148 cm³/mol. The quantitative estimate of drug-likeness (QED) is 0.228. The molecule has 1 amide bonds. The van der Waals surface area contributed by atoms with Gasteiger partial charge in [-0.15, -0.1) is 11.8 Å². The van der Waals surface area contributed by atoms with Crippen LogP contribution in [0.25, 0.3) is 11.2 Å². The van der Waals surface area contributed by atoms with Crippen LogP contribution in [0.3, 0.4) is 0 Å². The molecule has 4 N–H and O–H groups in total. The minimum Gasteiger partial charge on any atom is -0.389 e. The topological polar surface area (TPSA) is 125 Å². The van der Waals surface area contributed by atoms with E-state index in [1.807, 2.05) is 24.3 Å². The number of thioether (sulfide) groups is 1. The molecule has 3 heterocycles. The van der Waals surface area contributed by atoms with Gasteiger partial charge in [-0.2, -0.15) is 0 Å². The number of aliphatic hydroxyl groups is 2. The van der Waals surface area contributed by atoms with E-state index in [9.17, 15) is 15.0 Å². The third kappa shape index (κ3) is 5.30. The summed E-state index contributed by atoms with van der Waals surface area (Å²) in [5, 5.41) is 26.6. The van der Waals surface area contributed by atoms with Crippen LogP contribution in [0.4, 0.5) is 5.82 Å². The number of nitrogens with zero attached hydrogens (tertiary/aromatic N) is 4. The van der Waals surface area contributed by atoms with E-state index in [2.05, 4.69) is 54.2 Å². The SMILES string of the molecule is O=C(NCc1cccc(Cl)c1)[C@H]1S[C@@H](n2cnc3c(NCc4cccc(I)c4)ncnc32)[C@H](O)[C@@H]1O. The molecule has 0 unspecified atom stereocenters. The Morgan fingerprint density at radius 1 is 1.06 bits per heavy atom. The Hall–Kier alpha value is -2.45. The maximum Gasteiger partial charge on any atom is 0.236 e. The first-order valence-electron chi connectivity index (χ1n) is 11.1. The van der Waals surface area contributed by atoms with Crippen molar-refractivity contribution < 1.29 is 15.0 Å². The molecule has 2 aromatic heterocycles. The van der Waals surface area contributed by atoms with E-state index in [0.29, 0.717) is 28.5 Å². The number of benzene rings is 2. The number of amides is 1. The van der Waals surface area contributed by atoms with Crippen LogP contribution in [-0.2, 0) is 17.9 Å². The lowest BCUT2D eigenvalue weighted by atomic mass is 10.1. The van der Waals surface area contributed by atoms with Gasteiger partial charge in [-0.3, -0.25) is 9.36 Å². The first-order valence-corrected chi connectivity index (χ1v) is 13.5. The lowest BCUT2D eigenvalue weighted by molar-refractivity contribution is -0.123. The first-order chi connectivity index (χ1) is 17.4. The third-order valence-electron chi connectivity index (χ3n) is 5.83. The van der Waals surface area contributed by atoms with E-state index in [0.717, 1.165) is 14.7 Å². The van der Waals surface area contributed by atoms with Gasteiger partial charge in [0.05, 0.1) is 6.33 Å². The molecule has 2 aromatic carbocycles. The fraction of sp³-hybridized carbons (Fsp3) is 0.250. The lowest BCUT2D eigenvalue weighted by Crippen LogP contribution is -2.41. The Bertz CT molecular complexity index is 1410. The highest BCUT2D eigenvalue weighted by molar-refractivity contribution is 14.1. The molecule has 0 saturated carbocycles. The summed E-state index contributed by atoms with van der Waals surface area (Å²) >= 11 is 9.44. The van der Waals surface area contributed by atoms with Crippen LogP contribution in [0.2, 0.25) is 5.02 Å². The average Bonchev–Trinajstić information content (AvgIpc) is 3.42. The van der Waals surface area contributed by atoms with Crippen molar-refractivity contribution in [1.29, 1.82) is 0 Å². The van der Waals surface area contributed by atoms with Gasteiger partial charge in [-0.05, 0) is 58.0 Å². The summed E-state index contributed by atoms with van der Waals surface area (Å²) in [7, 11) is 0. The molecular formula is C24H22ClIN6O3S. The van der Waals surface area contributed by atoms with Crippen LogP contribution in [0.15, 0.2) is 61.2 Å². The Kier molecular flexibility index (Phi) is 7.62. The second-order valence-electron chi connectivity index (χ2n) is 8.31. The van der Waals surface area contributed by atoms with Crippen LogP contribution in [-0.4, -0.2) is 53.1 Å². The van der Waals surface area contributed by atoms with Crippen LogP contribution in [0.5, 0.6) is 0 Å². The molecule has 12 heteroatoms. The fourth-order valence-corrected chi connectivity index (χ4v) is 6.30. The zero-order valence-corrected chi connectivity index (χ0v) is 22.5. The maximum atomic E-state index is 12.8. The number of hydrogen-bond donors (Lipinski definition) is 4. The Balaban J connectivity index is 1.31. The number of rotatable bonds is 7.